The van der Waals surface area contributed by atoms with Gasteiger partial charge in [0.2, 0.25) is 0 Å². The molecular formula is C14H18BrF3N2. The number of piperidine rings is 1. The molecule has 1 fully saturated rings. The Morgan fingerprint density at radius 1 is 1.40 bits per heavy atom. The molecule has 1 aliphatic rings. The summed E-state index contributed by atoms with van der Waals surface area (Å²) in [6.07, 6.45) is -2.27. The van der Waals surface area contributed by atoms with Crippen molar-refractivity contribution in [3.05, 3.63) is 28.2 Å². The lowest BCUT2D eigenvalue weighted by Gasteiger charge is -2.34. The van der Waals surface area contributed by atoms with Crippen molar-refractivity contribution in [2.24, 2.45) is 5.41 Å². The van der Waals surface area contributed by atoms with Gasteiger partial charge in [0.25, 0.3) is 0 Å². The molecule has 0 saturated carbocycles. The van der Waals surface area contributed by atoms with Crippen molar-refractivity contribution in [3.63, 3.8) is 0 Å². The number of rotatable bonds is 3. The van der Waals surface area contributed by atoms with Crippen LogP contribution in [0.15, 0.2) is 22.7 Å². The number of nitrogens with one attached hydrogen (secondary N) is 2. The van der Waals surface area contributed by atoms with Crippen LogP contribution in [0, 0.1) is 5.41 Å². The fourth-order valence-electron chi connectivity index (χ4n) is 2.48. The first-order chi connectivity index (χ1) is 9.30. The molecule has 1 aromatic rings. The third-order valence-corrected chi connectivity index (χ3v) is 4.17. The summed E-state index contributed by atoms with van der Waals surface area (Å²) in [7, 11) is 0. The fourth-order valence-corrected chi connectivity index (χ4v) is 2.84. The first kappa shape index (κ1) is 15.6. The van der Waals surface area contributed by atoms with Gasteiger partial charge in [0, 0.05) is 23.2 Å². The molecule has 2 rings (SSSR count). The molecule has 2 nitrogen and oxygen atoms in total. The minimum Gasteiger partial charge on any atom is -0.384 e. The van der Waals surface area contributed by atoms with Crippen LogP contribution in [0.4, 0.5) is 18.9 Å². The van der Waals surface area contributed by atoms with Crippen LogP contribution in [0.2, 0.25) is 0 Å². The van der Waals surface area contributed by atoms with Gasteiger partial charge in [-0.2, -0.15) is 13.2 Å². The SMILES string of the molecule is CC1(CNc2ccc(Br)cc2C(F)(F)F)CCCNC1. The first-order valence-corrected chi connectivity index (χ1v) is 7.41. The number of benzene rings is 1. The Morgan fingerprint density at radius 2 is 2.15 bits per heavy atom. The van der Waals surface area contributed by atoms with Crippen molar-refractivity contribution in [1.82, 2.24) is 5.32 Å². The molecule has 0 radical (unpaired) electrons. The quantitative estimate of drug-likeness (QED) is 0.850. The van der Waals surface area contributed by atoms with Gasteiger partial charge in [-0.25, -0.2) is 0 Å². The van der Waals surface area contributed by atoms with Crippen LogP contribution in [0.3, 0.4) is 0 Å². The largest absolute Gasteiger partial charge is 0.418 e. The molecule has 0 bridgehead atoms. The zero-order chi connectivity index (χ0) is 14.8. The number of hydrogen-bond acceptors (Lipinski definition) is 2. The Labute approximate surface area is 125 Å². The van der Waals surface area contributed by atoms with E-state index in [-0.39, 0.29) is 11.1 Å². The summed E-state index contributed by atoms with van der Waals surface area (Å²) in [5, 5.41) is 6.27. The zero-order valence-electron chi connectivity index (χ0n) is 11.3. The van der Waals surface area contributed by atoms with Crippen LogP contribution < -0.4 is 10.6 Å². The van der Waals surface area contributed by atoms with E-state index in [0.29, 0.717) is 11.0 Å². The van der Waals surface area contributed by atoms with E-state index in [1.165, 1.54) is 6.07 Å². The summed E-state index contributed by atoms with van der Waals surface area (Å²) < 4.78 is 39.5. The maximum absolute atomic E-state index is 13.0. The van der Waals surface area contributed by atoms with Crippen LogP contribution in [0.25, 0.3) is 0 Å². The minimum atomic E-state index is -4.35. The van der Waals surface area contributed by atoms with Crippen LogP contribution in [-0.4, -0.2) is 19.6 Å². The van der Waals surface area contributed by atoms with Crippen molar-refractivity contribution in [3.8, 4) is 0 Å². The van der Waals surface area contributed by atoms with E-state index in [1.54, 1.807) is 6.07 Å². The minimum absolute atomic E-state index is 0.00576. The van der Waals surface area contributed by atoms with Gasteiger partial charge in [0.1, 0.15) is 0 Å². The van der Waals surface area contributed by atoms with Crippen LogP contribution in [-0.2, 0) is 6.18 Å². The van der Waals surface area contributed by atoms with Crippen molar-refractivity contribution in [2.45, 2.75) is 25.9 Å². The Balaban J connectivity index is 2.13. The summed E-state index contributed by atoms with van der Waals surface area (Å²) >= 11 is 3.09. The van der Waals surface area contributed by atoms with E-state index in [1.807, 2.05) is 0 Å². The van der Waals surface area contributed by atoms with E-state index in [4.69, 9.17) is 0 Å². The highest BCUT2D eigenvalue weighted by Crippen LogP contribution is 2.37. The van der Waals surface area contributed by atoms with Gasteiger partial charge in [-0.1, -0.05) is 22.9 Å². The molecule has 2 N–H and O–H groups in total. The smallest absolute Gasteiger partial charge is 0.384 e. The van der Waals surface area contributed by atoms with Crippen molar-refractivity contribution >= 4 is 21.6 Å². The summed E-state index contributed by atoms with van der Waals surface area (Å²) in [5.74, 6) is 0. The number of halogens is 4. The maximum atomic E-state index is 13.0. The van der Waals surface area contributed by atoms with Crippen LogP contribution >= 0.6 is 15.9 Å². The average Bonchev–Trinajstić information content (AvgIpc) is 2.37. The molecule has 0 amide bonds. The third kappa shape index (κ3) is 3.88. The highest BCUT2D eigenvalue weighted by molar-refractivity contribution is 9.10. The average molecular weight is 351 g/mol. The van der Waals surface area contributed by atoms with Gasteiger partial charge in [0.15, 0.2) is 0 Å². The molecule has 1 unspecified atom stereocenters. The van der Waals surface area contributed by atoms with Crippen LogP contribution in [0.1, 0.15) is 25.3 Å². The second kappa shape index (κ2) is 5.93. The Morgan fingerprint density at radius 3 is 2.75 bits per heavy atom. The second-order valence-corrected chi connectivity index (χ2v) is 6.55. The molecule has 1 atom stereocenters. The van der Waals surface area contributed by atoms with Gasteiger partial charge in [-0.05, 0) is 43.0 Å². The molecule has 0 aliphatic carbocycles. The van der Waals surface area contributed by atoms with Crippen molar-refractivity contribution < 1.29 is 13.2 Å². The first-order valence-electron chi connectivity index (χ1n) is 6.62. The molecule has 1 aliphatic heterocycles. The highest BCUT2D eigenvalue weighted by Gasteiger charge is 2.34. The fraction of sp³-hybridized carbons (Fsp3) is 0.571. The molecule has 20 heavy (non-hydrogen) atoms. The maximum Gasteiger partial charge on any atom is 0.418 e. The van der Waals surface area contributed by atoms with E-state index >= 15 is 0 Å². The Bertz CT molecular complexity index is 468. The lowest BCUT2D eigenvalue weighted by Crippen LogP contribution is -2.42. The van der Waals surface area contributed by atoms with Gasteiger partial charge >= 0.3 is 6.18 Å². The number of alkyl halides is 3. The standard InChI is InChI=1S/C14H18BrF3N2/c1-13(5-2-6-19-8-13)9-20-12-4-3-10(15)7-11(12)14(16,17)18/h3-4,7,19-20H,2,5-6,8-9H2,1H3. The van der Waals surface area contributed by atoms with Gasteiger partial charge in [-0.15, -0.1) is 0 Å². The molecule has 0 aromatic heterocycles. The second-order valence-electron chi connectivity index (χ2n) is 5.63. The number of anilines is 1. The molecule has 6 heteroatoms. The van der Waals surface area contributed by atoms with Gasteiger partial charge in [-0.3, -0.25) is 0 Å². The monoisotopic (exact) mass is 350 g/mol. The zero-order valence-corrected chi connectivity index (χ0v) is 12.9. The van der Waals surface area contributed by atoms with Crippen molar-refractivity contribution in [1.29, 1.82) is 0 Å². The lowest BCUT2D eigenvalue weighted by atomic mass is 9.82. The van der Waals surface area contributed by atoms with Crippen LogP contribution in [0.5, 0.6) is 0 Å². The normalized spacial score (nSPS) is 23.6. The highest BCUT2D eigenvalue weighted by atomic mass is 79.9. The summed E-state index contributed by atoms with van der Waals surface area (Å²) in [4.78, 5) is 0. The topological polar surface area (TPSA) is 24.1 Å². The van der Waals surface area contributed by atoms with Gasteiger partial charge in [0.05, 0.1) is 5.56 Å². The van der Waals surface area contributed by atoms with Crippen molar-refractivity contribution in [2.75, 3.05) is 25.0 Å². The van der Waals surface area contributed by atoms with E-state index in [2.05, 4.69) is 33.5 Å². The summed E-state index contributed by atoms with van der Waals surface area (Å²) in [6.45, 7) is 4.45. The Kier molecular flexibility index (Phi) is 4.64. The third-order valence-electron chi connectivity index (χ3n) is 3.68. The number of hydrogen-bond donors (Lipinski definition) is 2. The molecule has 1 heterocycles. The molecular weight excluding hydrogens is 333 g/mol. The van der Waals surface area contributed by atoms with E-state index in [9.17, 15) is 13.2 Å². The van der Waals surface area contributed by atoms with E-state index < -0.39 is 11.7 Å². The summed E-state index contributed by atoms with van der Waals surface area (Å²) in [6, 6.07) is 4.22. The lowest BCUT2D eigenvalue weighted by molar-refractivity contribution is -0.137. The predicted molar refractivity (Wildman–Crippen MR) is 77.8 cm³/mol. The predicted octanol–water partition coefficient (Wildman–Crippen LogP) is 4.27. The van der Waals surface area contributed by atoms with Gasteiger partial charge < -0.3 is 10.6 Å². The molecule has 0 spiro atoms. The molecule has 1 saturated heterocycles. The van der Waals surface area contributed by atoms with E-state index in [0.717, 1.165) is 32.0 Å². The Hall–Kier alpha value is -0.750. The summed E-state index contributed by atoms with van der Waals surface area (Å²) in [5.41, 5.74) is -0.486. The molecule has 1 aromatic carbocycles. The molecule has 112 valence electrons.